The summed E-state index contributed by atoms with van der Waals surface area (Å²) >= 11 is 2.09. The average molecular weight is 294 g/mol. The molecule has 1 rings (SSSR count). The van der Waals surface area contributed by atoms with E-state index >= 15 is 0 Å². The molecular formula is C18H31NS. The fourth-order valence-electron chi connectivity index (χ4n) is 2.31. The van der Waals surface area contributed by atoms with Gasteiger partial charge in [-0.15, -0.1) is 0 Å². The number of hydrogen-bond acceptors (Lipinski definition) is 2. The van der Waals surface area contributed by atoms with E-state index in [9.17, 15) is 0 Å². The molecule has 0 saturated carbocycles. The largest absolute Gasteiger partial charge is 0.309 e. The highest BCUT2D eigenvalue weighted by Gasteiger charge is 2.15. The first-order valence-corrected chi connectivity index (χ1v) is 8.97. The monoisotopic (exact) mass is 293 g/mol. The van der Waals surface area contributed by atoms with Crippen LogP contribution in [-0.4, -0.2) is 17.5 Å². The van der Waals surface area contributed by atoms with Crippen molar-refractivity contribution in [1.29, 1.82) is 0 Å². The summed E-state index contributed by atoms with van der Waals surface area (Å²) in [6.07, 6.45) is 2.44. The van der Waals surface area contributed by atoms with E-state index in [0.29, 0.717) is 6.04 Å². The van der Waals surface area contributed by atoms with E-state index in [2.05, 4.69) is 70.8 Å². The molecule has 0 bridgehead atoms. The Balaban J connectivity index is 2.89. The predicted octanol–water partition coefficient (Wildman–Crippen LogP) is 5.18. The average Bonchev–Trinajstić information content (AvgIpc) is 2.43. The maximum atomic E-state index is 3.73. The molecule has 114 valence electrons. The van der Waals surface area contributed by atoms with Gasteiger partial charge in [0.15, 0.2) is 0 Å². The van der Waals surface area contributed by atoms with Crippen LogP contribution >= 0.6 is 11.8 Å². The van der Waals surface area contributed by atoms with E-state index in [0.717, 1.165) is 11.8 Å². The molecular weight excluding hydrogens is 262 g/mol. The first-order chi connectivity index (χ1) is 9.49. The lowest BCUT2D eigenvalue weighted by Crippen LogP contribution is -2.25. The van der Waals surface area contributed by atoms with Crippen molar-refractivity contribution in [3.05, 3.63) is 34.4 Å². The predicted molar refractivity (Wildman–Crippen MR) is 93.9 cm³/mol. The van der Waals surface area contributed by atoms with Crippen LogP contribution in [0.15, 0.2) is 12.1 Å². The van der Waals surface area contributed by atoms with Crippen molar-refractivity contribution in [3.8, 4) is 0 Å². The Hall–Kier alpha value is -0.470. The molecule has 0 heterocycles. The van der Waals surface area contributed by atoms with Crippen LogP contribution in [0.2, 0.25) is 0 Å². The standard InChI is InChI=1S/C18H31NS/c1-7-9-19-18(12-20-16(6)8-2)17-11-14(4)13(3)10-15(17)5/h10-11,16,18-19H,7-9,12H2,1-6H3. The van der Waals surface area contributed by atoms with Crippen LogP contribution in [0.4, 0.5) is 0 Å². The minimum atomic E-state index is 0.480. The lowest BCUT2D eigenvalue weighted by molar-refractivity contribution is 0.574. The Bertz CT molecular complexity index is 414. The van der Waals surface area contributed by atoms with Gasteiger partial charge >= 0.3 is 0 Å². The minimum absolute atomic E-state index is 0.480. The van der Waals surface area contributed by atoms with Gasteiger partial charge in [0.05, 0.1) is 0 Å². The van der Waals surface area contributed by atoms with Crippen molar-refractivity contribution >= 4 is 11.8 Å². The lowest BCUT2D eigenvalue weighted by atomic mass is 9.96. The summed E-state index contributed by atoms with van der Waals surface area (Å²) in [5.41, 5.74) is 5.71. The molecule has 0 aliphatic carbocycles. The first-order valence-electron chi connectivity index (χ1n) is 7.92. The Labute approximate surface area is 129 Å². The summed E-state index contributed by atoms with van der Waals surface area (Å²) in [6, 6.07) is 5.20. The molecule has 0 radical (unpaired) electrons. The number of aryl methyl sites for hydroxylation is 3. The third-order valence-corrected chi connectivity index (χ3v) is 5.45. The number of nitrogens with one attached hydrogen (secondary N) is 1. The van der Waals surface area contributed by atoms with Gasteiger partial charge in [-0.2, -0.15) is 11.8 Å². The Morgan fingerprint density at radius 1 is 1.05 bits per heavy atom. The molecule has 0 spiro atoms. The van der Waals surface area contributed by atoms with Crippen LogP contribution < -0.4 is 5.32 Å². The van der Waals surface area contributed by atoms with E-state index in [1.807, 2.05) is 0 Å². The molecule has 1 aromatic carbocycles. The molecule has 0 amide bonds. The van der Waals surface area contributed by atoms with Gasteiger partial charge in [-0.25, -0.2) is 0 Å². The summed E-state index contributed by atoms with van der Waals surface area (Å²) in [4.78, 5) is 0. The van der Waals surface area contributed by atoms with Crippen LogP contribution in [0, 0.1) is 20.8 Å². The Morgan fingerprint density at radius 2 is 1.70 bits per heavy atom. The van der Waals surface area contributed by atoms with E-state index < -0.39 is 0 Å². The molecule has 2 unspecified atom stereocenters. The van der Waals surface area contributed by atoms with Crippen LogP contribution in [0.1, 0.15) is 61.9 Å². The number of rotatable bonds is 8. The maximum Gasteiger partial charge on any atom is 0.0414 e. The van der Waals surface area contributed by atoms with Gasteiger partial charge in [0.25, 0.3) is 0 Å². The van der Waals surface area contributed by atoms with Crippen molar-refractivity contribution in [1.82, 2.24) is 5.32 Å². The highest BCUT2D eigenvalue weighted by atomic mass is 32.2. The molecule has 1 aromatic rings. The molecule has 0 fully saturated rings. The van der Waals surface area contributed by atoms with Crippen LogP contribution in [0.5, 0.6) is 0 Å². The fourth-order valence-corrected chi connectivity index (χ4v) is 3.37. The van der Waals surface area contributed by atoms with Gasteiger partial charge in [-0.1, -0.05) is 32.9 Å². The Kier molecular flexibility index (Phi) is 7.68. The second-order valence-electron chi connectivity index (χ2n) is 5.85. The zero-order valence-corrected chi connectivity index (χ0v) is 14.9. The number of thioether (sulfide) groups is 1. The molecule has 2 heteroatoms. The van der Waals surface area contributed by atoms with E-state index in [-0.39, 0.29) is 0 Å². The summed E-state index contributed by atoms with van der Waals surface area (Å²) in [7, 11) is 0. The SMILES string of the molecule is CCCNC(CSC(C)CC)c1cc(C)c(C)cc1C. The molecule has 1 nitrogen and oxygen atoms in total. The van der Waals surface area contributed by atoms with Crippen LogP contribution in [-0.2, 0) is 0 Å². The van der Waals surface area contributed by atoms with Gasteiger partial charge in [-0.3, -0.25) is 0 Å². The third-order valence-electron chi connectivity index (χ3n) is 4.02. The molecule has 0 saturated heterocycles. The van der Waals surface area contributed by atoms with Crippen molar-refractivity contribution in [2.45, 2.75) is 65.7 Å². The topological polar surface area (TPSA) is 12.0 Å². The second-order valence-corrected chi connectivity index (χ2v) is 7.32. The zero-order valence-electron chi connectivity index (χ0n) is 14.0. The molecule has 0 aliphatic rings. The number of benzene rings is 1. The lowest BCUT2D eigenvalue weighted by Gasteiger charge is -2.23. The Morgan fingerprint density at radius 3 is 2.30 bits per heavy atom. The first kappa shape index (κ1) is 17.6. The molecule has 0 aliphatic heterocycles. The van der Waals surface area contributed by atoms with Gasteiger partial charge in [0, 0.05) is 17.0 Å². The third kappa shape index (κ3) is 5.14. The van der Waals surface area contributed by atoms with E-state index in [1.54, 1.807) is 0 Å². The molecule has 0 aromatic heterocycles. The van der Waals surface area contributed by atoms with Crippen molar-refractivity contribution in [3.63, 3.8) is 0 Å². The smallest absolute Gasteiger partial charge is 0.0414 e. The minimum Gasteiger partial charge on any atom is -0.309 e. The van der Waals surface area contributed by atoms with Crippen LogP contribution in [0.25, 0.3) is 0 Å². The summed E-state index contributed by atoms with van der Waals surface area (Å²) in [6.45, 7) is 14.6. The quantitative estimate of drug-likeness (QED) is 0.708. The normalized spacial score (nSPS) is 14.3. The van der Waals surface area contributed by atoms with Crippen molar-refractivity contribution in [2.75, 3.05) is 12.3 Å². The molecule has 2 atom stereocenters. The maximum absolute atomic E-state index is 3.73. The molecule has 1 N–H and O–H groups in total. The second kappa shape index (κ2) is 8.74. The zero-order chi connectivity index (χ0) is 15.1. The van der Waals surface area contributed by atoms with Crippen LogP contribution in [0.3, 0.4) is 0 Å². The highest BCUT2D eigenvalue weighted by Crippen LogP contribution is 2.27. The van der Waals surface area contributed by atoms with Gasteiger partial charge < -0.3 is 5.32 Å². The fraction of sp³-hybridized carbons (Fsp3) is 0.667. The summed E-state index contributed by atoms with van der Waals surface area (Å²) in [5.74, 6) is 1.17. The van der Waals surface area contributed by atoms with Gasteiger partial charge in [0.2, 0.25) is 0 Å². The summed E-state index contributed by atoms with van der Waals surface area (Å²) in [5, 5.41) is 4.48. The highest BCUT2D eigenvalue weighted by molar-refractivity contribution is 7.99. The number of hydrogen-bond donors (Lipinski definition) is 1. The van der Waals surface area contributed by atoms with Gasteiger partial charge in [-0.05, 0) is 62.4 Å². The summed E-state index contributed by atoms with van der Waals surface area (Å²) < 4.78 is 0. The van der Waals surface area contributed by atoms with Crippen molar-refractivity contribution in [2.24, 2.45) is 0 Å². The van der Waals surface area contributed by atoms with E-state index in [1.165, 1.54) is 40.8 Å². The molecule has 20 heavy (non-hydrogen) atoms. The van der Waals surface area contributed by atoms with Gasteiger partial charge in [0.1, 0.15) is 0 Å². The van der Waals surface area contributed by atoms with E-state index in [4.69, 9.17) is 0 Å². The van der Waals surface area contributed by atoms with Crippen molar-refractivity contribution < 1.29 is 0 Å².